The summed E-state index contributed by atoms with van der Waals surface area (Å²) in [6, 6.07) is 3.67. The Morgan fingerprint density at radius 1 is 1.41 bits per heavy atom. The lowest BCUT2D eigenvalue weighted by Crippen LogP contribution is -2.35. The number of rotatable bonds is 5. The van der Waals surface area contributed by atoms with Crippen molar-refractivity contribution in [3.63, 3.8) is 0 Å². The minimum absolute atomic E-state index is 0.0129. The van der Waals surface area contributed by atoms with Crippen LogP contribution >= 0.6 is 0 Å². The third-order valence-corrected chi connectivity index (χ3v) is 3.19. The molecule has 0 aliphatic heterocycles. The molecular formula is C10H16FN3O2S. The average molecular weight is 261 g/mol. The van der Waals surface area contributed by atoms with Crippen LogP contribution in [0.1, 0.15) is 19.4 Å². The van der Waals surface area contributed by atoms with E-state index in [2.05, 4.69) is 9.44 Å². The first-order chi connectivity index (χ1) is 7.84. The van der Waals surface area contributed by atoms with E-state index in [1.54, 1.807) is 13.8 Å². The van der Waals surface area contributed by atoms with E-state index in [0.29, 0.717) is 0 Å². The minimum atomic E-state index is -3.63. The van der Waals surface area contributed by atoms with E-state index < -0.39 is 16.0 Å². The molecule has 0 spiro atoms. The molecule has 1 aromatic rings. The smallest absolute Gasteiger partial charge is 0.299 e. The normalized spacial score (nSPS) is 11.8. The molecule has 0 amide bonds. The van der Waals surface area contributed by atoms with Gasteiger partial charge in [-0.05, 0) is 32.0 Å². The van der Waals surface area contributed by atoms with Crippen LogP contribution in [0, 0.1) is 5.82 Å². The first kappa shape index (κ1) is 13.9. The van der Waals surface area contributed by atoms with Gasteiger partial charge in [0.05, 0.1) is 5.69 Å². The summed E-state index contributed by atoms with van der Waals surface area (Å²) in [6.07, 6.45) is 0. The maximum atomic E-state index is 13.1. The van der Waals surface area contributed by atoms with Gasteiger partial charge in [0.25, 0.3) is 10.2 Å². The molecule has 0 aliphatic carbocycles. The van der Waals surface area contributed by atoms with Crippen molar-refractivity contribution in [1.82, 2.24) is 4.72 Å². The summed E-state index contributed by atoms with van der Waals surface area (Å²) in [5, 5.41) is 0. The van der Waals surface area contributed by atoms with Crippen molar-refractivity contribution in [2.75, 3.05) is 4.72 Å². The highest BCUT2D eigenvalue weighted by atomic mass is 32.2. The van der Waals surface area contributed by atoms with E-state index in [1.807, 2.05) is 0 Å². The third kappa shape index (κ3) is 4.29. The lowest BCUT2D eigenvalue weighted by Gasteiger charge is -2.12. The fourth-order valence-corrected chi connectivity index (χ4v) is 2.41. The summed E-state index contributed by atoms with van der Waals surface area (Å²) >= 11 is 0. The Labute approximate surface area is 100 Å². The molecule has 0 saturated carbocycles. The maximum absolute atomic E-state index is 13.1. The summed E-state index contributed by atoms with van der Waals surface area (Å²) in [5.74, 6) is -0.452. The summed E-state index contributed by atoms with van der Waals surface area (Å²) in [6.45, 7) is 3.42. The molecular weight excluding hydrogens is 245 g/mol. The van der Waals surface area contributed by atoms with Gasteiger partial charge in [-0.3, -0.25) is 4.72 Å². The number of halogens is 1. The van der Waals surface area contributed by atoms with E-state index in [-0.39, 0.29) is 23.8 Å². The van der Waals surface area contributed by atoms with Gasteiger partial charge in [-0.15, -0.1) is 0 Å². The standard InChI is InChI=1S/C10H16FN3O2S/c1-7(2)13-17(15,16)14-9-3-4-10(11)8(5-9)6-12/h3-5,7,13-14H,6,12H2,1-2H3. The summed E-state index contributed by atoms with van der Waals surface area (Å²) < 4.78 is 40.9. The fourth-order valence-electron chi connectivity index (χ4n) is 1.29. The maximum Gasteiger partial charge on any atom is 0.299 e. The highest BCUT2D eigenvalue weighted by molar-refractivity contribution is 7.90. The van der Waals surface area contributed by atoms with Crippen molar-refractivity contribution in [1.29, 1.82) is 0 Å². The zero-order chi connectivity index (χ0) is 13.1. The third-order valence-electron chi connectivity index (χ3n) is 1.91. The van der Waals surface area contributed by atoms with Crippen LogP contribution in [0.2, 0.25) is 0 Å². The van der Waals surface area contributed by atoms with Crippen LogP contribution in [0.5, 0.6) is 0 Å². The molecule has 0 saturated heterocycles. The van der Waals surface area contributed by atoms with Crippen molar-refractivity contribution >= 4 is 15.9 Å². The first-order valence-electron chi connectivity index (χ1n) is 5.12. The predicted molar refractivity (Wildman–Crippen MR) is 65.1 cm³/mol. The minimum Gasteiger partial charge on any atom is -0.326 e. The molecule has 1 aromatic carbocycles. The predicted octanol–water partition coefficient (Wildman–Crippen LogP) is 0.939. The number of nitrogens with two attached hydrogens (primary N) is 1. The Balaban J connectivity index is 2.89. The largest absolute Gasteiger partial charge is 0.326 e. The average Bonchev–Trinajstić information content (AvgIpc) is 2.18. The van der Waals surface area contributed by atoms with Crippen LogP contribution in [0.4, 0.5) is 10.1 Å². The van der Waals surface area contributed by atoms with E-state index >= 15 is 0 Å². The van der Waals surface area contributed by atoms with E-state index in [0.717, 1.165) is 0 Å². The van der Waals surface area contributed by atoms with Crippen LogP contribution in [0.25, 0.3) is 0 Å². The lowest BCUT2D eigenvalue weighted by atomic mass is 10.2. The Kier molecular flexibility index (Phi) is 4.44. The molecule has 17 heavy (non-hydrogen) atoms. The lowest BCUT2D eigenvalue weighted by molar-refractivity contribution is 0.575. The van der Waals surface area contributed by atoms with E-state index in [1.165, 1.54) is 18.2 Å². The van der Waals surface area contributed by atoms with Crippen molar-refractivity contribution in [2.24, 2.45) is 5.73 Å². The van der Waals surface area contributed by atoms with Gasteiger partial charge < -0.3 is 5.73 Å². The second-order valence-corrected chi connectivity index (χ2v) is 5.34. The quantitative estimate of drug-likeness (QED) is 0.737. The van der Waals surface area contributed by atoms with Crippen molar-refractivity contribution in [3.8, 4) is 0 Å². The van der Waals surface area contributed by atoms with Crippen LogP contribution in [-0.2, 0) is 16.8 Å². The van der Waals surface area contributed by atoms with Gasteiger partial charge in [0.15, 0.2) is 0 Å². The molecule has 0 heterocycles. The van der Waals surface area contributed by atoms with E-state index in [9.17, 15) is 12.8 Å². The number of nitrogens with one attached hydrogen (secondary N) is 2. The zero-order valence-electron chi connectivity index (χ0n) is 9.70. The Hall–Kier alpha value is -1.18. The molecule has 0 fully saturated rings. The number of hydrogen-bond donors (Lipinski definition) is 3. The number of anilines is 1. The molecule has 1 rings (SSSR count). The van der Waals surface area contributed by atoms with Gasteiger partial charge in [0.2, 0.25) is 0 Å². The number of benzene rings is 1. The van der Waals surface area contributed by atoms with Crippen LogP contribution in [0.15, 0.2) is 18.2 Å². The van der Waals surface area contributed by atoms with Crippen LogP contribution in [0.3, 0.4) is 0 Å². The topological polar surface area (TPSA) is 84.2 Å². The van der Waals surface area contributed by atoms with Gasteiger partial charge in [-0.1, -0.05) is 0 Å². The first-order valence-corrected chi connectivity index (χ1v) is 6.61. The SMILES string of the molecule is CC(C)NS(=O)(=O)Nc1ccc(F)c(CN)c1. The number of hydrogen-bond acceptors (Lipinski definition) is 3. The summed E-state index contributed by atoms with van der Waals surface area (Å²) in [5.41, 5.74) is 5.87. The second kappa shape index (κ2) is 5.44. The molecule has 4 N–H and O–H groups in total. The molecule has 5 nitrogen and oxygen atoms in total. The molecule has 0 unspecified atom stereocenters. The molecule has 0 aliphatic rings. The van der Waals surface area contributed by atoms with Gasteiger partial charge >= 0.3 is 0 Å². The van der Waals surface area contributed by atoms with Crippen molar-refractivity contribution in [3.05, 3.63) is 29.6 Å². The molecule has 0 atom stereocenters. The van der Waals surface area contributed by atoms with Crippen LogP contribution in [-0.4, -0.2) is 14.5 Å². The molecule has 0 radical (unpaired) electrons. The van der Waals surface area contributed by atoms with Crippen molar-refractivity contribution in [2.45, 2.75) is 26.4 Å². The second-order valence-electron chi connectivity index (χ2n) is 3.89. The van der Waals surface area contributed by atoms with Gasteiger partial charge in [0, 0.05) is 18.2 Å². The molecule has 96 valence electrons. The van der Waals surface area contributed by atoms with Crippen LogP contribution < -0.4 is 15.2 Å². The monoisotopic (exact) mass is 261 g/mol. The summed E-state index contributed by atoms with van der Waals surface area (Å²) in [4.78, 5) is 0. The fraction of sp³-hybridized carbons (Fsp3) is 0.400. The highest BCUT2D eigenvalue weighted by Gasteiger charge is 2.12. The molecule has 0 aromatic heterocycles. The van der Waals surface area contributed by atoms with Gasteiger partial charge in [-0.2, -0.15) is 13.1 Å². The van der Waals surface area contributed by atoms with Gasteiger partial charge in [-0.25, -0.2) is 4.39 Å². The Morgan fingerprint density at radius 2 is 2.06 bits per heavy atom. The molecule has 0 bridgehead atoms. The Bertz CT molecular complexity index is 488. The zero-order valence-corrected chi connectivity index (χ0v) is 10.5. The highest BCUT2D eigenvalue weighted by Crippen LogP contribution is 2.15. The summed E-state index contributed by atoms with van der Waals surface area (Å²) in [7, 11) is -3.63. The van der Waals surface area contributed by atoms with Crippen molar-refractivity contribution < 1.29 is 12.8 Å². The molecule has 7 heteroatoms. The Morgan fingerprint density at radius 3 is 2.59 bits per heavy atom. The van der Waals surface area contributed by atoms with Gasteiger partial charge in [0.1, 0.15) is 5.82 Å². The van der Waals surface area contributed by atoms with E-state index in [4.69, 9.17) is 5.73 Å².